The SMILES string of the molecule is CC(=O)OCC1=C(C(=O)O)N2C(=O)[C@@H](NC(=O)C(=NOC(C)(C)C(=O)O)c3cccs3)[C@H]2SC1. The number of oxime groups is 1. The van der Waals surface area contributed by atoms with Gasteiger partial charge in [-0.1, -0.05) is 11.2 Å². The molecular weight excluding hydrogens is 490 g/mol. The van der Waals surface area contributed by atoms with E-state index in [1.165, 1.54) is 32.5 Å². The molecule has 1 saturated heterocycles. The third-order valence-electron chi connectivity index (χ3n) is 4.84. The number of carboxylic acids is 2. The second-order valence-corrected chi connectivity index (χ2v) is 9.78. The van der Waals surface area contributed by atoms with Crippen LogP contribution in [0.2, 0.25) is 0 Å². The number of fused-ring (bicyclic) bond motifs is 1. The van der Waals surface area contributed by atoms with E-state index in [2.05, 4.69) is 10.5 Å². The Hall–Kier alpha value is -3.39. The summed E-state index contributed by atoms with van der Waals surface area (Å²) in [5.41, 5.74) is -1.93. The zero-order valence-electron chi connectivity index (χ0n) is 18.3. The van der Waals surface area contributed by atoms with E-state index in [1.807, 2.05) is 0 Å². The fourth-order valence-electron chi connectivity index (χ4n) is 3.00. The summed E-state index contributed by atoms with van der Waals surface area (Å²) in [4.78, 5) is 66.5. The molecule has 12 nitrogen and oxygen atoms in total. The van der Waals surface area contributed by atoms with Crippen molar-refractivity contribution in [2.75, 3.05) is 12.4 Å². The highest BCUT2D eigenvalue weighted by Crippen LogP contribution is 2.40. The van der Waals surface area contributed by atoms with Crippen molar-refractivity contribution >= 4 is 58.5 Å². The van der Waals surface area contributed by atoms with Gasteiger partial charge in [-0.05, 0) is 25.3 Å². The molecule has 0 radical (unpaired) electrons. The number of carbonyl (C=O) groups excluding carboxylic acids is 3. The summed E-state index contributed by atoms with van der Waals surface area (Å²) in [6.07, 6.45) is 0. The smallest absolute Gasteiger partial charge is 0.352 e. The number of amides is 2. The van der Waals surface area contributed by atoms with Crippen LogP contribution in [0.4, 0.5) is 0 Å². The van der Waals surface area contributed by atoms with Crippen molar-refractivity contribution in [3.63, 3.8) is 0 Å². The van der Waals surface area contributed by atoms with Crippen LogP contribution in [-0.2, 0) is 33.5 Å². The molecule has 0 saturated carbocycles. The van der Waals surface area contributed by atoms with Crippen molar-refractivity contribution < 1.29 is 43.8 Å². The minimum absolute atomic E-state index is 0.178. The first-order valence-corrected chi connectivity index (χ1v) is 11.7. The fourth-order valence-corrected chi connectivity index (χ4v) is 5.03. The summed E-state index contributed by atoms with van der Waals surface area (Å²) in [6.45, 7) is 3.46. The van der Waals surface area contributed by atoms with Crippen LogP contribution in [0.25, 0.3) is 0 Å². The Kier molecular flexibility index (Phi) is 7.31. The van der Waals surface area contributed by atoms with Crippen LogP contribution in [0.3, 0.4) is 0 Å². The summed E-state index contributed by atoms with van der Waals surface area (Å²) < 4.78 is 4.89. The Labute approximate surface area is 201 Å². The standard InChI is InChI=1S/C20H21N3O9S2/c1-9(24)31-7-10-8-34-17-13(16(26)23(17)14(10)18(27)28)21-15(25)12(11-5-4-6-33-11)22-32-20(2,3)19(29)30/h4-6,13,17H,7-8H2,1-3H3,(H,21,25)(H,27,28)(H,29,30)/t13-,17-/m1/s1. The number of β-lactam (4-membered cyclic amide) rings is 1. The van der Waals surface area contributed by atoms with Crippen molar-refractivity contribution in [1.29, 1.82) is 0 Å². The first-order chi connectivity index (χ1) is 15.9. The van der Waals surface area contributed by atoms with Crippen LogP contribution in [0.5, 0.6) is 0 Å². The lowest BCUT2D eigenvalue weighted by Crippen LogP contribution is -2.71. The summed E-state index contributed by atoms with van der Waals surface area (Å²) in [5.74, 6) is -4.48. The molecule has 2 amide bonds. The summed E-state index contributed by atoms with van der Waals surface area (Å²) in [7, 11) is 0. The van der Waals surface area contributed by atoms with E-state index in [1.54, 1.807) is 17.5 Å². The highest BCUT2D eigenvalue weighted by Gasteiger charge is 2.54. The molecule has 2 aliphatic rings. The number of aliphatic carboxylic acids is 2. The Morgan fingerprint density at radius 3 is 2.56 bits per heavy atom. The van der Waals surface area contributed by atoms with Crippen molar-refractivity contribution in [2.24, 2.45) is 5.16 Å². The Morgan fingerprint density at radius 1 is 1.29 bits per heavy atom. The lowest BCUT2D eigenvalue weighted by atomic mass is 10.0. The van der Waals surface area contributed by atoms with Gasteiger partial charge in [0.25, 0.3) is 11.8 Å². The van der Waals surface area contributed by atoms with E-state index in [0.717, 1.165) is 16.2 Å². The molecule has 0 spiro atoms. The van der Waals surface area contributed by atoms with E-state index >= 15 is 0 Å². The van der Waals surface area contributed by atoms with Crippen molar-refractivity contribution in [1.82, 2.24) is 10.2 Å². The third kappa shape index (κ3) is 5.07. The highest BCUT2D eigenvalue weighted by molar-refractivity contribution is 8.00. The number of carboxylic acid groups (broad SMARTS) is 2. The van der Waals surface area contributed by atoms with E-state index in [-0.39, 0.29) is 29.3 Å². The largest absolute Gasteiger partial charge is 0.478 e. The van der Waals surface area contributed by atoms with Gasteiger partial charge in [0.1, 0.15) is 23.7 Å². The average Bonchev–Trinajstić information content (AvgIpc) is 3.29. The zero-order valence-corrected chi connectivity index (χ0v) is 19.9. The number of carbonyl (C=O) groups is 5. The molecule has 0 aliphatic carbocycles. The number of nitrogens with one attached hydrogen (secondary N) is 1. The number of thioether (sulfide) groups is 1. The molecule has 0 aromatic carbocycles. The van der Waals surface area contributed by atoms with E-state index in [4.69, 9.17) is 9.57 Å². The quantitative estimate of drug-likeness (QED) is 0.185. The van der Waals surface area contributed by atoms with Gasteiger partial charge in [-0.25, -0.2) is 9.59 Å². The number of hydrogen-bond acceptors (Lipinski definition) is 10. The molecular formula is C20H21N3O9S2. The minimum Gasteiger partial charge on any atom is -0.478 e. The summed E-state index contributed by atoms with van der Waals surface area (Å²) in [5, 5.41) is 26.1. The number of nitrogens with zero attached hydrogens (tertiary/aromatic N) is 2. The average molecular weight is 512 g/mol. The monoisotopic (exact) mass is 511 g/mol. The second kappa shape index (κ2) is 9.85. The fraction of sp³-hybridized carbons (Fsp3) is 0.400. The third-order valence-corrected chi connectivity index (χ3v) is 7.05. The number of rotatable bonds is 9. The molecule has 14 heteroatoms. The predicted molar refractivity (Wildman–Crippen MR) is 120 cm³/mol. The van der Waals surface area contributed by atoms with Gasteiger partial charge in [-0.15, -0.1) is 23.1 Å². The first kappa shape index (κ1) is 25.2. The molecule has 1 fully saturated rings. The number of esters is 1. The van der Waals surface area contributed by atoms with Crippen LogP contribution in [0.1, 0.15) is 25.6 Å². The van der Waals surface area contributed by atoms with Gasteiger partial charge in [-0.3, -0.25) is 19.3 Å². The lowest BCUT2D eigenvalue weighted by molar-refractivity contribution is -0.161. The zero-order chi connectivity index (χ0) is 25.2. The van der Waals surface area contributed by atoms with E-state index in [0.29, 0.717) is 4.88 Å². The second-order valence-electron chi connectivity index (χ2n) is 7.72. The molecule has 2 atom stereocenters. The van der Waals surface area contributed by atoms with Gasteiger partial charge in [0.15, 0.2) is 5.71 Å². The Balaban J connectivity index is 1.80. The molecule has 1 aromatic rings. The van der Waals surface area contributed by atoms with Crippen molar-refractivity contribution in [3.05, 3.63) is 33.7 Å². The van der Waals surface area contributed by atoms with Crippen LogP contribution in [-0.4, -0.2) is 79.9 Å². The van der Waals surface area contributed by atoms with Crippen molar-refractivity contribution in [2.45, 2.75) is 37.8 Å². The maximum Gasteiger partial charge on any atom is 0.352 e. The Bertz CT molecular complexity index is 1090. The molecule has 3 heterocycles. The topological polar surface area (TPSA) is 172 Å². The normalized spacial score (nSPS) is 20.3. The highest BCUT2D eigenvalue weighted by atomic mass is 32.2. The number of ether oxygens (including phenoxy) is 1. The molecule has 3 rings (SSSR count). The molecule has 2 aliphatic heterocycles. The summed E-state index contributed by atoms with van der Waals surface area (Å²) >= 11 is 2.37. The van der Waals surface area contributed by atoms with Crippen LogP contribution in [0.15, 0.2) is 33.9 Å². The molecule has 34 heavy (non-hydrogen) atoms. The first-order valence-electron chi connectivity index (χ1n) is 9.81. The number of thiophene rings is 1. The number of hydrogen-bond donors (Lipinski definition) is 3. The van der Waals surface area contributed by atoms with Gasteiger partial charge in [-0.2, -0.15) is 0 Å². The van der Waals surface area contributed by atoms with Gasteiger partial charge in [0, 0.05) is 18.2 Å². The molecule has 0 bridgehead atoms. The van der Waals surface area contributed by atoms with Crippen LogP contribution >= 0.6 is 23.1 Å². The van der Waals surface area contributed by atoms with Gasteiger partial charge in [0.05, 0.1) is 4.88 Å². The maximum absolute atomic E-state index is 13.0. The van der Waals surface area contributed by atoms with E-state index in [9.17, 15) is 34.2 Å². The van der Waals surface area contributed by atoms with Crippen LogP contribution in [0, 0.1) is 0 Å². The van der Waals surface area contributed by atoms with Crippen molar-refractivity contribution in [3.8, 4) is 0 Å². The maximum atomic E-state index is 13.0. The predicted octanol–water partition coefficient (Wildman–Crippen LogP) is 0.634. The summed E-state index contributed by atoms with van der Waals surface area (Å²) in [6, 6.07) is 2.20. The van der Waals surface area contributed by atoms with E-state index < -0.39 is 46.7 Å². The lowest BCUT2D eigenvalue weighted by Gasteiger charge is -2.49. The Morgan fingerprint density at radius 2 is 2.00 bits per heavy atom. The molecule has 0 unspecified atom stereocenters. The minimum atomic E-state index is -1.70. The van der Waals surface area contributed by atoms with Gasteiger partial charge >= 0.3 is 17.9 Å². The molecule has 182 valence electrons. The molecule has 3 N–H and O–H groups in total. The van der Waals surface area contributed by atoms with Gasteiger partial charge in [0.2, 0.25) is 5.60 Å². The molecule has 1 aromatic heterocycles. The van der Waals surface area contributed by atoms with Gasteiger partial charge < -0.3 is 25.1 Å². The van der Waals surface area contributed by atoms with Crippen LogP contribution < -0.4 is 5.32 Å².